The minimum Gasteiger partial charge on any atom is -0.462 e. The van der Waals surface area contributed by atoms with Gasteiger partial charge in [0, 0.05) is 25.2 Å². The van der Waals surface area contributed by atoms with Gasteiger partial charge in [0.15, 0.2) is 0 Å². The molecule has 0 spiro atoms. The Balaban J connectivity index is 2.60. The first-order chi connectivity index (χ1) is 15.9. The normalized spacial score (nSPS) is 10.9. The number of ether oxygens (including phenoxy) is 2. The molecule has 11 heteroatoms. The van der Waals surface area contributed by atoms with Crippen LogP contribution in [-0.4, -0.2) is 58.7 Å². The number of amides is 2. The van der Waals surface area contributed by atoms with Crippen molar-refractivity contribution in [3.05, 3.63) is 59.2 Å². The molecule has 0 atom stereocenters. The SMILES string of the molecule is CCOC(=O)c1cc(C(=O)OCC)cc(C(=O)N(c2ccc(N(C)C(C)=O)cc2)S(C)(=O)=O)c1. The number of carbonyl (C=O) groups excluding carboxylic acids is 4. The zero-order chi connectivity index (χ0) is 25.6. The van der Waals surface area contributed by atoms with Gasteiger partial charge in [0.25, 0.3) is 5.91 Å². The summed E-state index contributed by atoms with van der Waals surface area (Å²) in [6.07, 6.45) is 0.849. The molecule has 2 aromatic carbocycles. The van der Waals surface area contributed by atoms with Gasteiger partial charge in [0.1, 0.15) is 0 Å². The molecule has 0 unspecified atom stereocenters. The van der Waals surface area contributed by atoms with Gasteiger partial charge in [-0.3, -0.25) is 9.59 Å². The molecular weight excluding hydrogens is 464 g/mol. The Labute approximate surface area is 198 Å². The number of carbonyl (C=O) groups is 4. The minimum atomic E-state index is -4.13. The fourth-order valence-electron chi connectivity index (χ4n) is 2.99. The third kappa shape index (κ3) is 6.19. The summed E-state index contributed by atoms with van der Waals surface area (Å²) in [6, 6.07) is 9.23. The van der Waals surface area contributed by atoms with Gasteiger partial charge in [0.2, 0.25) is 15.9 Å². The van der Waals surface area contributed by atoms with E-state index in [1.54, 1.807) is 20.9 Å². The van der Waals surface area contributed by atoms with E-state index in [1.165, 1.54) is 42.2 Å². The molecule has 2 amide bonds. The smallest absolute Gasteiger partial charge is 0.338 e. The molecule has 0 aliphatic carbocycles. The van der Waals surface area contributed by atoms with Crippen molar-refractivity contribution in [1.29, 1.82) is 0 Å². The second-order valence-electron chi connectivity index (χ2n) is 7.17. The summed E-state index contributed by atoms with van der Waals surface area (Å²) in [5.74, 6) is -2.80. The molecule has 0 aliphatic heterocycles. The standard InChI is InChI=1S/C23H26N2O8S/c1-6-32-22(28)17-12-16(13-18(14-17)23(29)33-7-2)21(27)25(34(5,30)31)20-10-8-19(9-11-20)24(4)15(3)26/h8-14H,6-7H2,1-5H3. The lowest BCUT2D eigenvalue weighted by atomic mass is 10.0. The number of rotatable bonds is 8. The van der Waals surface area contributed by atoms with E-state index in [-0.39, 0.29) is 41.5 Å². The molecule has 0 aromatic heterocycles. The lowest BCUT2D eigenvalue weighted by Gasteiger charge is -2.22. The lowest BCUT2D eigenvalue weighted by Crippen LogP contribution is -2.36. The Hall–Kier alpha value is -3.73. The summed E-state index contributed by atoms with van der Waals surface area (Å²) >= 11 is 0. The molecule has 2 rings (SSSR count). The number of anilines is 2. The number of hydrogen-bond acceptors (Lipinski definition) is 8. The average molecular weight is 491 g/mol. The van der Waals surface area contributed by atoms with Crippen molar-refractivity contribution in [3.8, 4) is 0 Å². The molecule has 0 bridgehead atoms. The highest BCUT2D eigenvalue weighted by Crippen LogP contribution is 2.25. The highest BCUT2D eigenvalue weighted by molar-refractivity contribution is 7.92. The van der Waals surface area contributed by atoms with Crippen molar-refractivity contribution >= 4 is 45.2 Å². The molecule has 0 radical (unpaired) electrons. The van der Waals surface area contributed by atoms with Crippen LogP contribution in [0.15, 0.2) is 42.5 Å². The quantitative estimate of drug-likeness (QED) is 0.517. The zero-order valence-corrected chi connectivity index (χ0v) is 20.3. The predicted molar refractivity (Wildman–Crippen MR) is 126 cm³/mol. The summed E-state index contributed by atoms with van der Waals surface area (Å²) in [4.78, 5) is 50.9. The Kier molecular flexibility index (Phi) is 8.52. The molecule has 0 heterocycles. The van der Waals surface area contributed by atoms with Crippen molar-refractivity contribution in [2.45, 2.75) is 20.8 Å². The number of benzene rings is 2. The molecule has 10 nitrogen and oxygen atoms in total. The van der Waals surface area contributed by atoms with E-state index < -0.39 is 27.9 Å². The van der Waals surface area contributed by atoms with Crippen LogP contribution >= 0.6 is 0 Å². The van der Waals surface area contributed by atoms with E-state index in [0.717, 1.165) is 18.4 Å². The van der Waals surface area contributed by atoms with Gasteiger partial charge < -0.3 is 14.4 Å². The van der Waals surface area contributed by atoms with Crippen LogP contribution in [-0.2, 0) is 24.3 Å². The molecule has 0 aliphatic rings. The number of hydrogen-bond donors (Lipinski definition) is 0. The summed E-state index contributed by atoms with van der Waals surface area (Å²) in [6.45, 7) is 4.68. The van der Waals surface area contributed by atoms with E-state index in [2.05, 4.69) is 0 Å². The van der Waals surface area contributed by atoms with Crippen molar-refractivity contribution in [2.75, 3.05) is 35.7 Å². The minimum absolute atomic E-state index is 0.00687. The molecule has 34 heavy (non-hydrogen) atoms. The molecule has 0 saturated carbocycles. The Morgan fingerprint density at radius 3 is 1.59 bits per heavy atom. The Morgan fingerprint density at radius 1 is 0.794 bits per heavy atom. The topological polar surface area (TPSA) is 127 Å². The predicted octanol–water partition coefficient (Wildman–Crippen LogP) is 2.63. The molecule has 182 valence electrons. The van der Waals surface area contributed by atoms with Crippen molar-refractivity contribution in [2.24, 2.45) is 0 Å². The van der Waals surface area contributed by atoms with E-state index in [0.29, 0.717) is 9.99 Å². The third-order valence-corrected chi connectivity index (χ3v) is 5.70. The van der Waals surface area contributed by atoms with E-state index in [4.69, 9.17) is 9.47 Å². The van der Waals surface area contributed by atoms with E-state index >= 15 is 0 Å². The van der Waals surface area contributed by atoms with Gasteiger partial charge in [-0.25, -0.2) is 22.3 Å². The van der Waals surface area contributed by atoms with Crippen LogP contribution in [0.3, 0.4) is 0 Å². The first-order valence-electron chi connectivity index (χ1n) is 10.3. The molecule has 0 N–H and O–H groups in total. The Morgan fingerprint density at radius 2 is 1.21 bits per heavy atom. The fraction of sp³-hybridized carbons (Fsp3) is 0.304. The number of sulfonamides is 1. The zero-order valence-electron chi connectivity index (χ0n) is 19.5. The van der Waals surface area contributed by atoms with Crippen LogP contribution in [0.1, 0.15) is 51.8 Å². The van der Waals surface area contributed by atoms with Crippen molar-refractivity contribution in [1.82, 2.24) is 0 Å². The van der Waals surface area contributed by atoms with Gasteiger partial charge in [-0.05, 0) is 56.3 Å². The van der Waals surface area contributed by atoms with E-state index in [1.807, 2.05) is 0 Å². The summed E-state index contributed by atoms with van der Waals surface area (Å²) in [5.41, 5.74) is 0.0488. The van der Waals surface area contributed by atoms with E-state index in [9.17, 15) is 27.6 Å². The van der Waals surface area contributed by atoms with Crippen LogP contribution in [0.5, 0.6) is 0 Å². The maximum Gasteiger partial charge on any atom is 0.338 e. The maximum atomic E-state index is 13.4. The van der Waals surface area contributed by atoms with Crippen LogP contribution < -0.4 is 9.21 Å². The second-order valence-corrected chi connectivity index (χ2v) is 9.00. The number of esters is 2. The van der Waals surface area contributed by atoms with Crippen LogP contribution in [0.25, 0.3) is 0 Å². The van der Waals surface area contributed by atoms with Gasteiger partial charge in [-0.1, -0.05) is 0 Å². The van der Waals surface area contributed by atoms with Crippen LogP contribution in [0.4, 0.5) is 11.4 Å². The fourth-order valence-corrected chi connectivity index (χ4v) is 3.90. The van der Waals surface area contributed by atoms with Crippen LogP contribution in [0.2, 0.25) is 0 Å². The van der Waals surface area contributed by atoms with Crippen molar-refractivity contribution < 1.29 is 37.1 Å². The highest BCUT2D eigenvalue weighted by atomic mass is 32.2. The third-order valence-electron chi connectivity index (χ3n) is 4.66. The van der Waals surface area contributed by atoms with Gasteiger partial charge in [-0.2, -0.15) is 0 Å². The molecule has 2 aromatic rings. The first-order valence-corrected chi connectivity index (χ1v) is 12.1. The van der Waals surface area contributed by atoms with Gasteiger partial charge >= 0.3 is 11.9 Å². The van der Waals surface area contributed by atoms with Crippen LogP contribution in [0, 0.1) is 0 Å². The summed E-state index contributed by atoms with van der Waals surface area (Å²) < 4.78 is 35.6. The summed E-state index contributed by atoms with van der Waals surface area (Å²) in [7, 11) is -2.58. The largest absolute Gasteiger partial charge is 0.462 e. The molecule has 0 saturated heterocycles. The monoisotopic (exact) mass is 490 g/mol. The second kappa shape index (κ2) is 10.9. The van der Waals surface area contributed by atoms with Crippen molar-refractivity contribution in [3.63, 3.8) is 0 Å². The lowest BCUT2D eigenvalue weighted by molar-refractivity contribution is -0.116. The molecular formula is C23H26N2O8S. The van der Waals surface area contributed by atoms with Gasteiger partial charge in [0.05, 0.1) is 36.3 Å². The van der Waals surface area contributed by atoms with Gasteiger partial charge in [-0.15, -0.1) is 0 Å². The summed E-state index contributed by atoms with van der Waals surface area (Å²) in [5, 5.41) is 0. The maximum absolute atomic E-state index is 13.4. The highest BCUT2D eigenvalue weighted by Gasteiger charge is 2.29. The average Bonchev–Trinajstić information content (AvgIpc) is 2.78. The Bertz CT molecular complexity index is 1170. The first kappa shape index (κ1) is 26.5. The number of nitrogens with zero attached hydrogens (tertiary/aromatic N) is 2. The molecule has 0 fully saturated rings.